The average molecular weight is 423 g/mol. The molecule has 2 aromatic carbocycles. The first-order chi connectivity index (χ1) is 14.8. The van der Waals surface area contributed by atoms with Crippen LogP contribution in [0.3, 0.4) is 0 Å². The Balaban J connectivity index is 1.80. The Hall–Kier alpha value is -3.35. The number of aromatic nitrogens is 2. The molecule has 164 valence electrons. The third-order valence-corrected chi connectivity index (χ3v) is 5.56. The van der Waals surface area contributed by atoms with Crippen LogP contribution in [0, 0.1) is 6.92 Å². The van der Waals surface area contributed by atoms with Gasteiger partial charge in [0.2, 0.25) is 5.91 Å². The Kier molecular flexibility index (Phi) is 6.95. The zero-order valence-corrected chi connectivity index (χ0v) is 18.8. The van der Waals surface area contributed by atoms with E-state index >= 15 is 0 Å². The van der Waals surface area contributed by atoms with Crippen molar-refractivity contribution in [2.24, 2.45) is 7.05 Å². The maximum Gasteiger partial charge on any atom is 0.271 e. The topological polar surface area (TPSA) is 85.2 Å². The number of nitrogens with zero attached hydrogens (tertiary/aromatic N) is 2. The number of anilines is 1. The first kappa shape index (κ1) is 22.3. The third-order valence-electron chi connectivity index (χ3n) is 5.56. The number of imidazole rings is 1. The second-order valence-corrected chi connectivity index (χ2v) is 7.71. The maximum atomic E-state index is 13.0. The van der Waals surface area contributed by atoms with Crippen LogP contribution in [-0.2, 0) is 11.8 Å². The molecule has 7 nitrogen and oxygen atoms in total. The Bertz CT molecular complexity index is 1100. The molecule has 0 spiro atoms. The number of rotatable bonds is 8. The van der Waals surface area contributed by atoms with Crippen molar-refractivity contribution in [1.82, 2.24) is 14.9 Å². The van der Waals surface area contributed by atoms with Crippen molar-refractivity contribution in [2.45, 2.75) is 39.5 Å². The highest BCUT2D eigenvalue weighted by Gasteiger charge is 2.23. The van der Waals surface area contributed by atoms with Crippen LogP contribution in [0.5, 0.6) is 5.75 Å². The second-order valence-electron chi connectivity index (χ2n) is 7.71. The van der Waals surface area contributed by atoms with E-state index in [1.165, 1.54) is 0 Å². The highest BCUT2D eigenvalue weighted by atomic mass is 16.5. The van der Waals surface area contributed by atoms with Crippen LogP contribution in [0.2, 0.25) is 0 Å². The summed E-state index contributed by atoms with van der Waals surface area (Å²) in [5.74, 6) is 0.874. The maximum absolute atomic E-state index is 13.0. The predicted octanol–water partition coefficient (Wildman–Crippen LogP) is 4.16. The molecule has 2 N–H and O–H groups in total. The number of fused-ring (bicyclic) bond motifs is 1. The molecule has 1 aromatic heterocycles. The van der Waals surface area contributed by atoms with Crippen LogP contribution < -0.4 is 15.4 Å². The van der Waals surface area contributed by atoms with Gasteiger partial charge in [0.05, 0.1) is 13.0 Å². The summed E-state index contributed by atoms with van der Waals surface area (Å²) >= 11 is 0. The molecule has 0 saturated heterocycles. The molecule has 7 heteroatoms. The molecule has 1 atom stereocenters. The number of methoxy groups -OCH3 is 1. The Morgan fingerprint density at radius 2 is 1.87 bits per heavy atom. The van der Waals surface area contributed by atoms with Gasteiger partial charge < -0.3 is 19.9 Å². The number of hydrogen-bond acceptors (Lipinski definition) is 4. The molecular weight excluding hydrogens is 392 g/mol. The lowest BCUT2D eigenvalue weighted by Gasteiger charge is -2.14. The number of amides is 2. The molecule has 31 heavy (non-hydrogen) atoms. The van der Waals surface area contributed by atoms with Crippen LogP contribution >= 0.6 is 0 Å². The summed E-state index contributed by atoms with van der Waals surface area (Å²) in [4.78, 5) is 30.1. The van der Waals surface area contributed by atoms with Crippen molar-refractivity contribution in [3.05, 3.63) is 53.5 Å². The highest BCUT2D eigenvalue weighted by molar-refractivity contribution is 6.03. The van der Waals surface area contributed by atoms with Crippen molar-refractivity contribution in [3.63, 3.8) is 0 Å². The van der Waals surface area contributed by atoms with E-state index in [9.17, 15) is 9.59 Å². The average Bonchev–Trinajstić information content (AvgIpc) is 3.05. The van der Waals surface area contributed by atoms with Crippen LogP contribution in [0.1, 0.15) is 54.5 Å². The van der Waals surface area contributed by atoms with E-state index in [1.54, 1.807) is 25.6 Å². The monoisotopic (exact) mass is 422 g/mol. The summed E-state index contributed by atoms with van der Waals surface area (Å²) in [5.41, 5.74) is 1.25. The number of carbonyl (C=O) groups is 2. The van der Waals surface area contributed by atoms with Crippen molar-refractivity contribution in [1.29, 1.82) is 0 Å². The molecule has 0 saturated carbocycles. The lowest BCUT2D eigenvalue weighted by Crippen LogP contribution is -2.28. The van der Waals surface area contributed by atoms with Crippen LogP contribution in [0.15, 0.2) is 36.4 Å². The quantitative estimate of drug-likeness (QED) is 0.534. The molecule has 0 aliphatic heterocycles. The number of hydrogen-bond donors (Lipinski definition) is 2. The Labute approximate surface area is 182 Å². The summed E-state index contributed by atoms with van der Waals surface area (Å²) in [6, 6.07) is 11.8. The van der Waals surface area contributed by atoms with Crippen molar-refractivity contribution < 1.29 is 14.3 Å². The minimum absolute atomic E-state index is 0.214. The number of benzene rings is 2. The number of ether oxygens (including phenoxy) is 1. The fourth-order valence-electron chi connectivity index (χ4n) is 3.43. The van der Waals surface area contributed by atoms with E-state index in [0.29, 0.717) is 18.1 Å². The Morgan fingerprint density at radius 1 is 1.16 bits per heavy atom. The first-order valence-corrected chi connectivity index (χ1v) is 10.6. The standard InChI is InChI=1S/C24H30N4O3/c1-6-7-12-25-24(30)21-22(26-16(3)28(21)4)27-23(29)15(2)17-8-9-19-14-20(31-5)11-10-18(19)13-17/h8-11,13-15H,6-7,12H2,1-5H3,(H,25,30)(H,27,29)/t15-/m0/s1. The van der Waals surface area contributed by atoms with Crippen molar-refractivity contribution in [2.75, 3.05) is 19.0 Å². The van der Waals surface area contributed by atoms with Gasteiger partial charge in [0, 0.05) is 13.6 Å². The summed E-state index contributed by atoms with van der Waals surface area (Å²) in [6.45, 7) is 6.30. The Morgan fingerprint density at radius 3 is 2.58 bits per heavy atom. The van der Waals surface area contributed by atoms with Crippen LogP contribution in [0.25, 0.3) is 10.8 Å². The lowest BCUT2D eigenvalue weighted by molar-refractivity contribution is -0.117. The van der Waals surface area contributed by atoms with Crippen LogP contribution in [-0.4, -0.2) is 35.0 Å². The molecule has 0 aliphatic rings. The lowest BCUT2D eigenvalue weighted by atomic mass is 9.97. The molecule has 3 aromatic rings. The molecule has 0 bridgehead atoms. The van der Waals surface area contributed by atoms with Gasteiger partial charge in [-0.2, -0.15) is 0 Å². The first-order valence-electron chi connectivity index (χ1n) is 10.6. The largest absolute Gasteiger partial charge is 0.497 e. The molecule has 0 unspecified atom stereocenters. The molecular formula is C24H30N4O3. The van der Waals surface area contributed by atoms with E-state index in [0.717, 1.165) is 34.9 Å². The fourth-order valence-corrected chi connectivity index (χ4v) is 3.43. The number of unbranched alkanes of at least 4 members (excludes halogenated alkanes) is 1. The highest BCUT2D eigenvalue weighted by Crippen LogP contribution is 2.26. The zero-order valence-electron chi connectivity index (χ0n) is 18.8. The van der Waals surface area contributed by atoms with Crippen molar-refractivity contribution in [3.8, 4) is 5.75 Å². The van der Waals surface area contributed by atoms with Gasteiger partial charge >= 0.3 is 0 Å². The smallest absolute Gasteiger partial charge is 0.271 e. The summed E-state index contributed by atoms with van der Waals surface area (Å²) in [7, 11) is 3.41. The second kappa shape index (κ2) is 9.64. The molecule has 1 heterocycles. The van der Waals surface area contributed by atoms with E-state index < -0.39 is 5.92 Å². The molecule has 0 radical (unpaired) electrons. The minimum atomic E-state index is -0.412. The van der Waals surface area contributed by atoms with Gasteiger partial charge in [0.25, 0.3) is 5.91 Å². The number of aryl methyl sites for hydroxylation is 1. The van der Waals surface area contributed by atoms with Gasteiger partial charge in [0.1, 0.15) is 11.6 Å². The molecule has 0 aliphatic carbocycles. The van der Waals surface area contributed by atoms with E-state index in [2.05, 4.69) is 22.5 Å². The fraction of sp³-hybridized carbons (Fsp3) is 0.375. The van der Waals surface area contributed by atoms with Gasteiger partial charge in [-0.3, -0.25) is 9.59 Å². The SMILES string of the molecule is CCCCNC(=O)c1c(NC(=O)[C@@H](C)c2ccc3cc(OC)ccc3c2)nc(C)n1C. The predicted molar refractivity (Wildman–Crippen MR) is 123 cm³/mol. The molecule has 2 amide bonds. The number of nitrogens with one attached hydrogen (secondary N) is 2. The summed E-state index contributed by atoms with van der Waals surface area (Å²) in [5, 5.41) is 7.83. The van der Waals surface area contributed by atoms with Gasteiger partial charge in [-0.05, 0) is 48.7 Å². The number of carbonyl (C=O) groups excluding carboxylic acids is 2. The normalized spacial score (nSPS) is 11.9. The van der Waals surface area contributed by atoms with Gasteiger partial charge in [0.15, 0.2) is 11.5 Å². The van der Waals surface area contributed by atoms with Gasteiger partial charge in [-0.25, -0.2) is 4.98 Å². The van der Waals surface area contributed by atoms with Gasteiger partial charge in [-0.15, -0.1) is 0 Å². The van der Waals surface area contributed by atoms with E-state index in [-0.39, 0.29) is 17.6 Å². The summed E-state index contributed by atoms with van der Waals surface area (Å²) < 4.78 is 6.97. The summed E-state index contributed by atoms with van der Waals surface area (Å²) in [6.07, 6.45) is 1.89. The molecule has 3 rings (SSSR count). The van der Waals surface area contributed by atoms with Crippen LogP contribution in [0.4, 0.5) is 5.82 Å². The van der Waals surface area contributed by atoms with Gasteiger partial charge in [-0.1, -0.05) is 37.6 Å². The van der Waals surface area contributed by atoms with E-state index in [1.807, 2.05) is 43.3 Å². The van der Waals surface area contributed by atoms with E-state index in [4.69, 9.17) is 4.74 Å². The minimum Gasteiger partial charge on any atom is -0.497 e. The van der Waals surface area contributed by atoms with Crippen molar-refractivity contribution >= 4 is 28.4 Å². The third kappa shape index (κ3) is 4.87. The molecule has 0 fully saturated rings. The zero-order chi connectivity index (χ0) is 22.5.